The van der Waals surface area contributed by atoms with Crippen molar-refractivity contribution in [3.8, 4) is 0 Å². The van der Waals surface area contributed by atoms with E-state index in [9.17, 15) is 0 Å². The quantitative estimate of drug-likeness (QED) is 0.556. The Balaban J connectivity index is 1.87. The van der Waals surface area contributed by atoms with Crippen LogP contribution in [0.2, 0.25) is 0 Å². The first-order valence-corrected chi connectivity index (χ1v) is 7.12. The molecule has 4 fully saturated rings. The summed E-state index contributed by atoms with van der Waals surface area (Å²) in [6.45, 7) is 3.54. The summed E-state index contributed by atoms with van der Waals surface area (Å²) in [5, 5.41) is 0. The maximum Gasteiger partial charge on any atom is 0.0313 e. The van der Waals surface area contributed by atoms with Crippen LogP contribution in [0.3, 0.4) is 0 Å². The molecule has 4 saturated carbocycles. The number of halogens is 1. The van der Waals surface area contributed by atoms with E-state index in [1.54, 1.807) is 19.3 Å². The molecule has 4 bridgehead atoms. The molecule has 0 heterocycles. The Bertz CT molecular complexity index is 203. The van der Waals surface area contributed by atoms with Crippen molar-refractivity contribution >= 4 is 22.9 Å². The number of nitrogens with zero attached hydrogens (tertiary/aromatic N) is 1. The second-order valence-electron chi connectivity index (χ2n) is 5.82. The smallest absolute Gasteiger partial charge is 0.0313 e. The first-order chi connectivity index (χ1) is 6.72. The fraction of sp³-hybridized carbons (Fsp3) is 1.00. The summed E-state index contributed by atoms with van der Waals surface area (Å²) < 4.78 is 2.63. The van der Waals surface area contributed by atoms with Crippen LogP contribution in [0.25, 0.3) is 0 Å². The highest BCUT2D eigenvalue weighted by molar-refractivity contribution is 14.1. The highest BCUT2D eigenvalue weighted by Crippen LogP contribution is 2.58. The van der Waals surface area contributed by atoms with Crippen LogP contribution in [0, 0.1) is 17.8 Å². The zero-order valence-corrected chi connectivity index (χ0v) is 11.2. The standard InChI is InChI=1S/C12H20IN/c1-2-14(13)12-6-9-3-10(7-12)5-11(4-9)8-12/h9-11H,2-8H2,1H3. The molecule has 4 aliphatic carbocycles. The van der Waals surface area contributed by atoms with E-state index in [0.29, 0.717) is 5.54 Å². The third-order valence-electron chi connectivity index (χ3n) is 4.80. The SMILES string of the molecule is CCN(I)C12CC3CC(CC(C3)C1)C2. The third-order valence-corrected chi connectivity index (χ3v) is 6.50. The molecule has 1 nitrogen and oxygen atoms in total. The Morgan fingerprint density at radius 2 is 1.50 bits per heavy atom. The first kappa shape index (κ1) is 9.88. The highest BCUT2D eigenvalue weighted by atomic mass is 127. The predicted molar refractivity (Wildman–Crippen MR) is 67.3 cm³/mol. The van der Waals surface area contributed by atoms with Gasteiger partial charge in [0.1, 0.15) is 0 Å². The monoisotopic (exact) mass is 305 g/mol. The molecule has 0 amide bonds. The van der Waals surface area contributed by atoms with Crippen molar-refractivity contribution in [2.24, 2.45) is 17.8 Å². The highest BCUT2D eigenvalue weighted by Gasteiger charge is 2.52. The summed E-state index contributed by atoms with van der Waals surface area (Å²) in [7, 11) is 0. The number of rotatable bonds is 2. The maximum atomic E-state index is 2.63. The van der Waals surface area contributed by atoms with Crippen molar-refractivity contribution in [3.63, 3.8) is 0 Å². The number of hydrogen-bond donors (Lipinski definition) is 0. The van der Waals surface area contributed by atoms with Crippen LogP contribution in [0.5, 0.6) is 0 Å². The van der Waals surface area contributed by atoms with Gasteiger partial charge in [-0.05, 0) is 56.3 Å². The molecule has 0 aromatic heterocycles. The Morgan fingerprint density at radius 3 is 1.86 bits per heavy atom. The Morgan fingerprint density at radius 1 is 1.07 bits per heavy atom. The maximum absolute atomic E-state index is 2.63. The van der Waals surface area contributed by atoms with Crippen LogP contribution in [0.1, 0.15) is 45.4 Å². The largest absolute Gasteiger partial charge is 0.242 e. The van der Waals surface area contributed by atoms with Crippen LogP contribution < -0.4 is 0 Å². The van der Waals surface area contributed by atoms with Gasteiger partial charge in [0.05, 0.1) is 0 Å². The lowest BCUT2D eigenvalue weighted by Crippen LogP contribution is -2.56. The lowest BCUT2D eigenvalue weighted by Gasteiger charge is -2.59. The molecule has 4 aliphatic rings. The fourth-order valence-electron chi connectivity index (χ4n) is 4.70. The van der Waals surface area contributed by atoms with Crippen molar-refractivity contribution in [1.82, 2.24) is 3.11 Å². The lowest BCUT2D eigenvalue weighted by molar-refractivity contribution is -0.0456. The minimum absolute atomic E-state index is 0.629. The molecule has 0 aliphatic heterocycles. The van der Waals surface area contributed by atoms with Crippen LogP contribution in [0.15, 0.2) is 0 Å². The van der Waals surface area contributed by atoms with Crippen LogP contribution in [-0.2, 0) is 0 Å². The number of hydrogen-bond acceptors (Lipinski definition) is 1. The van der Waals surface area contributed by atoms with Gasteiger partial charge in [-0.25, -0.2) is 3.11 Å². The molecule has 0 aromatic carbocycles. The summed E-state index contributed by atoms with van der Waals surface area (Å²) in [6, 6.07) is 0. The predicted octanol–water partition coefficient (Wildman–Crippen LogP) is 3.63. The molecule has 80 valence electrons. The van der Waals surface area contributed by atoms with Crippen molar-refractivity contribution in [1.29, 1.82) is 0 Å². The fourth-order valence-corrected chi connectivity index (χ4v) is 5.29. The Kier molecular flexibility index (Phi) is 2.36. The molecule has 14 heavy (non-hydrogen) atoms. The van der Waals surface area contributed by atoms with Gasteiger partial charge in [-0.2, -0.15) is 0 Å². The molecular weight excluding hydrogens is 285 g/mol. The molecule has 0 radical (unpaired) electrons. The molecule has 0 unspecified atom stereocenters. The van der Waals surface area contributed by atoms with Gasteiger partial charge in [0.15, 0.2) is 0 Å². The average molecular weight is 305 g/mol. The van der Waals surface area contributed by atoms with E-state index in [-0.39, 0.29) is 0 Å². The van der Waals surface area contributed by atoms with Gasteiger partial charge in [0, 0.05) is 34.9 Å². The van der Waals surface area contributed by atoms with E-state index in [0.717, 1.165) is 17.8 Å². The molecule has 0 atom stereocenters. The van der Waals surface area contributed by atoms with Gasteiger partial charge in [-0.1, -0.05) is 6.92 Å². The zero-order chi connectivity index (χ0) is 9.76. The van der Waals surface area contributed by atoms with Gasteiger partial charge in [0.2, 0.25) is 0 Å². The zero-order valence-electron chi connectivity index (χ0n) is 9.01. The lowest BCUT2D eigenvalue weighted by atomic mass is 9.53. The van der Waals surface area contributed by atoms with E-state index in [4.69, 9.17) is 0 Å². The summed E-state index contributed by atoms with van der Waals surface area (Å²) in [5.41, 5.74) is 0.629. The van der Waals surface area contributed by atoms with Crippen LogP contribution in [-0.4, -0.2) is 15.2 Å². The van der Waals surface area contributed by atoms with Crippen LogP contribution >= 0.6 is 22.9 Å². The molecule has 0 spiro atoms. The van der Waals surface area contributed by atoms with Gasteiger partial charge in [0.25, 0.3) is 0 Å². The third kappa shape index (κ3) is 1.36. The molecule has 0 aromatic rings. The van der Waals surface area contributed by atoms with E-state index in [1.807, 2.05) is 0 Å². The molecule has 2 heteroatoms. The van der Waals surface area contributed by atoms with Gasteiger partial charge in [-0.3, -0.25) is 0 Å². The van der Waals surface area contributed by atoms with Crippen molar-refractivity contribution < 1.29 is 0 Å². The van der Waals surface area contributed by atoms with Crippen molar-refractivity contribution in [3.05, 3.63) is 0 Å². The van der Waals surface area contributed by atoms with Gasteiger partial charge >= 0.3 is 0 Å². The topological polar surface area (TPSA) is 3.24 Å². The normalized spacial score (nSPS) is 50.4. The first-order valence-electron chi connectivity index (χ1n) is 6.15. The summed E-state index contributed by atoms with van der Waals surface area (Å²) >= 11 is 2.59. The minimum atomic E-state index is 0.629. The average Bonchev–Trinajstić information content (AvgIpc) is 2.14. The van der Waals surface area contributed by atoms with Crippen LogP contribution in [0.4, 0.5) is 0 Å². The summed E-state index contributed by atoms with van der Waals surface area (Å²) in [5.74, 6) is 3.26. The van der Waals surface area contributed by atoms with E-state index < -0.39 is 0 Å². The molecule has 4 rings (SSSR count). The molecule has 0 N–H and O–H groups in total. The van der Waals surface area contributed by atoms with E-state index in [1.165, 1.54) is 25.8 Å². The second kappa shape index (κ2) is 3.34. The van der Waals surface area contributed by atoms with Gasteiger partial charge < -0.3 is 0 Å². The summed E-state index contributed by atoms with van der Waals surface area (Å²) in [6.07, 6.45) is 9.22. The Hall–Kier alpha value is 0.690. The molecule has 0 saturated heterocycles. The second-order valence-corrected chi connectivity index (χ2v) is 6.98. The van der Waals surface area contributed by atoms with E-state index in [2.05, 4.69) is 32.9 Å². The Labute approximate surface area is 101 Å². The van der Waals surface area contributed by atoms with Crippen molar-refractivity contribution in [2.45, 2.75) is 51.0 Å². The minimum Gasteiger partial charge on any atom is -0.242 e. The van der Waals surface area contributed by atoms with Crippen molar-refractivity contribution in [2.75, 3.05) is 6.54 Å². The van der Waals surface area contributed by atoms with Gasteiger partial charge in [-0.15, -0.1) is 0 Å². The summed E-state index contributed by atoms with van der Waals surface area (Å²) in [4.78, 5) is 0. The van der Waals surface area contributed by atoms with E-state index >= 15 is 0 Å². The molecular formula is C12H20IN.